The molecule has 1 amide bonds. The number of likely N-dealkylation sites (tertiary alicyclic amines) is 1. The standard InChI is InChI=1S/C18H16F2N2O3/c1-8-10(6-15(24)22-7-9-4-13(22)14(23)5-9)18(25)21-12-3-2-11(19)17(20)16(8)12/h2-3,9,13H,4-7H2,1H3,(H,21,25). The molecule has 130 valence electrons. The van der Waals surface area contributed by atoms with Crippen LogP contribution in [0.2, 0.25) is 0 Å². The number of carbonyl (C=O) groups excluding carboxylic acids is 2. The molecule has 2 fully saturated rings. The second kappa shape index (κ2) is 5.47. The third kappa shape index (κ3) is 2.37. The molecule has 1 aliphatic heterocycles. The second-order valence-electron chi connectivity index (χ2n) is 6.85. The van der Waals surface area contributed by atoms with Gasteiger partial charge in [0, 0.05) is 23.9 Å². The Hall–Kier alpha value is -2.57. The number of hydrogen-bond donors (Lipinski definition) is 1. The molecule has 2 aromatic rings. The van der Waals surface area contributed by atoms with Gasteiger partial charge < -0.3 is 9.88 Å². The number of H-pyrrole nitrogens is 1. The molecular weight excluding hydrogens is 330 g/mol. The summed E-state index contributed by atoms with van der Waals surface area (Å²) in [7, 11) is 0. The van der Waals surface area contributed by atoms with Crippen LogP contribution in [0.25, 0.3) is 10.9 Å². The predicted octanol–water partition coefficient (Wildman–Crippen LogP) is 1.85. The number of nitrogens with one attached hydrogen (secondary N) is 1. The first-order chi connectivity index (χ1) is 11.9. The van der Waals surface area contributed by atoms with E-state index in [0.717, 1.165) is 6.07 Å². The molecule has 1 aromatic carbocycles. The molecule has 2 bridgehead atoms. The lowest BCUT2D eigenvalue weighted by Crippen LogP contribution is -2.43. The van der Waals surface area contributed by atoms with Gasteiger partial charge >= 0.3 is 0 Å². The Balaban J connectivity index is 1.72. The van der Waals surface area contributed by atoms with Crippen LogP contribution in [0.15, 0.2) is 16.9 Å². The minimum atomic E-state index is -1.05. The van der Waals surface area contributed by atoms with E-state index >= 15 is 0 Å². The molecule has 2 unspecified atom stereocenters. The molecule has 2 atom stereocenters. The van der Waals surface area contributed by atoms with Gasteiger partial charge in [0.2, 0.25) is 5.91 Å². The molecule has 7 heteroatoms. The molecule has 2 aliphatic rings. The molecule has 0 radical (unpaired) electrons. The number of fused-ring (bicyclic) bond motifs is 3. The minimum Gasteiger partial charge on any atom is -0.332 e. The summed E-state index contributed by atoms with van der Waals surface area (Å²) in [6.45, 7) is 2.02. The number of hydrogen-bond acceptors (Lipinski definition) is 3. The summed E-state index contributed by atoms with van der Waals surface area (Å²) >= 11 is 0. The smallest absolute Gasteiger partial charge is 0.252 e. The summed E-state index contributed by atoms with van der Waals surface area (Å²) in [5.74, 6) is -2.13. The first-order valence-corrected chi connectivity index (χ1v) is 8.18. The Bertz CT molecular complexity index is 982. The lowest BCUT2D eigenvalue weighted by atomic mass is 10.0. The molecule has 4 rings (SSSR count). The zero-order chi connectivity index (χ0) is 17.9. The van der Waals surface area contributed by atoms with E-state index < -0.39 is 23.2 Å². The van der Waals surface area contributed by atoms with Gasteiger partial charge in [0.25, 0.3) is 5.56 Å². The average molecular weight is 346 g/mol. The SMILES string of the molecule is Cc1c(CC(=O)N2CC3CC(=O)C2C3)c(=O)[nH]c2ccc(F)c(F)c12. The van der Waals surface area contributed by atoms with Crippen molar-refractivity contribution in [2.45, 2.75) is 32.2 Å². The second-order valence-corrected chi connectivity index (χ2v) is 6.85. The van der Waals surface area contributed by atoms with E-state index in [4.69, 9.17) is 0 Å². The van der Waals surface area contributed by atoms with Crippen molar-refractivity contribution in [3.8, 4) is 0 Å². The van der Waals surface area contributed by atoms with Gasteiger partial charge in [-0.05, 0) is 37.0 Å². The van der Waals surface area contributed by atoms with Gasteiger partial charge in [0.05, 0.1) is 18.0 Å². The molecule has 1 N–H and O–H groups in total. The monoisotopic (exact) mass is 346 g/mol. The number of piperidine rings is 1. The highest BCUT2D eigenvalue weighted by Gasteiger charge is 2.46. The number of rotatable bonds is 2. The Morgan fingerprint density at radius 3 is 2.76 bits per heavy atom. The van der Waals surface area contributed by atoms with Gasteiger partial charge in [-0.3, -0.25) is 14.4 Å². The van der Waals surface area contributed by atoms with Crippen molar-refractivity contribution in [1.29, 1.82) is 0 Å². The number of benzene rings is 1. The van der Waals surface area contributed by atoms with E-state index in [9.17, 15) is 23.2 Å². The van der Waals surface area contributed by atoms with Gasteiger partial charge in [-0.15, -0.1) is 0 Å². The van der Waals surface area contributed by atoms with E-state index in [-0.39, 0.29) is 46.1 Å². The normalized spacial score (nSPS) is 22.2. The Morgan fingerprint density at radius 2 is 2.08 bits per heavy atom. The largest absolute Gasteiger partial charge is 0.332 e. The Kier molecular flexibility index (Phi) is 3.49. The molecule has 0 spiro atoms. The van der Waals surface area contributed by atoms with Crippen LogP contribution in [-0.4, -0.2) is 34.2 Å². The molecule has 2 heterocycles. The third-order valence-electron chi connectivity index (χ3n) is 5.34. The predicted molar refractivity (Wildman–Crippen MR) is 86.2 cm³/mol. The van der Waals surface area contributed by atoms with E-state index in [0.29, 0.717) is 19.4 Å². The molecule has 1 saturated carbocycles. The first-order valence-electron chi connectivity index (χ1n) is 8.18. The number of carbonyl (C=O) groups is 2. The molecule has 1 aromatic heterocycles. The summed E-state index contributed by atoms with van der Waals surface area (Å²) in [6, 6.07) is 1.85. The highest BCUT2D eigenvalue weighted by atomic mass is 19.2. The van der Waals surface area contributed by atoms with Gasteiger partial charge in [-0.2, -0.15) is 0 Å². The van der Waals surface area contributed by atoms with Gasteiger partial charge in [-0.1, -0.05) is 0 Å². The topological polar surface area (TPSA) is 70.2 Å². The number of aromatic nitrogens is 1. The van der Waals surface area contributed by atoms with Gasteiger partial charge in [-0.25, -0.2) is 8.78 Å². The summed E-state index contributed by atoms with van der Waals surface area (Å²) in [5, 5.41) is -0.0265. The van der Waals surface area contributed by atoms with E-state index in [1.54, 1.807) is 0 Å². The molecule has 1 aliphatic carbocycles. The number of ketones is 1. The van der Waals surface area contributed by atoms with Crippen molar-refractivity contribution in [2.75, 3.05) is 6.54 Å². The zero-order valence-electron chi connectivity index (χ0n) is 13.6. The molecule has 5 nitrogen and oxygen atoms in total. The van der Waals surface area contributed by atoms with E-state index in [1.165, 1.54) is 17.9 Å². The molecule has 25 heavy (non-hydrogen) atoms. The van der Waals surface area contributed by atoms with Crippen LogP contribution >= 0.6 is 0 Å². The summed E-state index contributed by atoms with van der Waals surface area (Å²) in [4.78, 5) is 40.8. The van der Waals surface area contributed by atoms with Crippen LogP contribution in [0.3, 0.4) is 0 Å². The maximum absolute atomic E-state index is 14.1. The van der Waals surface area contributed by atoms with Crippen LogP contribution in [-0.2, 0) is 16.0 Å². The quantitative estimate of drug-likeness (QED) is 0.902. The lowest BCUT2D eigenvalue weighted by molar-refractivity contribution is -0.138. The van der Waals surface area contributed by atoms with Gasteiger partial charge in [0.1, 0.15) is 0 Å². The molecule has 1 saturated heterocycles. The number of amides is 1. The third-order valence-corrected chi connectivity index (χ3v) is 5.34. The van der Waals surface area contributed by atoms with E-state index in [2.05, 4.69) is 4.98 Å². The maximum atomic E-state index is 14.1. The highest BCUT2D eigenvalue weighted by Crippen LogP contribution is 2.35. The number of aryl methyl sites for hydroxylation is 1. The fourth-order valence-electron chi connectivity index (χ4n) is 4.08. The summed E-state index contributed by atoms with van der Waals surface area (Å²) in [5.41, 5.74) is 0.0463. The minimum absolute atomic E-state index is 0.0265. The zero-order valence-corrected chi connectivity index (χ0v) is 13.6. The van der Waals surface area contributed by atoms with Crippen molar-refractivity contribution in [1.82, 2.24) is 9.88 Å². The van der Waals surface area contributed by atoms with Crippen LogP contribution in [0.1, 0.15) is 24.0 Å². The van der Waals surface area contributed by atoms with Crippen LogP contribution in [0, 0.1) is 24.5 Å². The number of pyridine rings is 1. The van der Waals surface area contributed by atoms with Crippen molar-refractivity contribution >= 4 is 22.6 Å². The van der Waals surface area contributed by atoms with E-state index in [1.807, 2.05) is 0 Å². The number of Topliss-reactive ketones (excluding diaryl/α,β-unsaturated/α-hetero) is 1. The van der Waals surface area contributed by atoms with Crippen LogP contribution < -0.4 is 5.56 Å². The first kappa shape index (κ1) is 15.9. The summed E-state index contributed by atoms with van der Waals surface area (Å²) in [6.07, 6.45) is 0.954. The van der Waals surface area contributed by atoms with Crippen molar-refractivity contribution < 1.29 is 18.4 Å². The number of nitrogens with zero attached hydrogens (tertiary/aromatic N) is 1. The highest BCUT2D eigenvalue weighted by molar-refractivity contribution is 5.93. The van der Waals surface area contributed by atoms with Crippen LogP contribution in [0.5, 0.6) is 0 Å². The fraction of sp³-hybridized carbons (Fsp3) is 0.389. The number of aromatic amines is 1. The Morgan fingerprint density at radius 1 is 1.32 bits per heavy atom. The lowest BCUT2D eigenvalue weighted by Gasteiger charge is -2.26. The number of halogens is 2. The maximum Gasteiger partial charge on any atom is 0.252 e. The van der Waals surface area contributed by atoms with Gasteiger partial charge in [0.15, 0.2) is 17.4 Å². The Labute approximate surface area is 141 Å². The van der Waals surface area contributed by atoms with Crippen molar-refractivity contribution in [3.63, 3.8) is 0 Å². The fourth-order valence-corrected chi connectivity index (χ4v) is 4.08. The van der Waals surface area contributed by atoms with Crippen molar-refractivity contribution in [2.24, 2.45) is 5.92 Å². The summed E-state index contributed by atoms with van der Waals surface area (Å²) < 4.78 is 27.7. The van der Waals surface area contributed by atoms with Crippen LogP contribution in [0.4, 0.5) is 8.78 Å². The van der Waals surface area contributed by atoms with Crippen molar-refractivity contribution in [3.05, 3.63) is 45.2 Å². The molecular formula is C18H16F2N2O3. The average Bonchev–Trinajstić information content (AvgIpc) is 3.14.